The van der Waals surface area contributed by atoms with Crippen molar-refractivity contribution >= 4 is 18.0 Å². The third-order valence-electron chi connectivity index (χ3n) is 5.93. The minimum atomic E-state index is -1.11. The van der Waals surface area contributed by atoms with E-state index in [1.165, 1.54) is 0 Å². The van der Waals surface area contributed by atoms with Gasteiger partial charge in [-0.05, 0) is 48.2 Å². The van der Waals surface area contributed by atoms with Crippen LogP contribution in [0.25, 0.3) is 11.1 Å². The van der Waals surface area contributed by atoms with Crippen molar-refractivity contribution in [3.63, 3.8) is 0 Å². The Hall–Kier alpha value is -3.39. The zero-order valence-corrected chi connectivity index (χ0v) is 21.0. The summed E-state index contributed by atoms with van der Waals surface area (Å²) in [6.45, 7) is 6.03. The van der Waals surface area contributed by atoms with Crippen molar-refractivity contribution in [3.05, 3.63) is 59.7 Å². The zero-order chi connectivity index (χ0) is 25.8. The number of hydrogen-bond donors (Lipinski definition) is 3. The number of rotatable bonds is 9. The Bertz CT molecular complexity index is 1030. The first kappa shape index (κ1) is 26.2. The number of nitrogens with one attached hydrogen (secondary N) is 2. The van der Waals surface area contributed by atoms with Crippen LogP contribution in [0.4, 0.5) is 4.79 Å². The molecule has 35 heavy (non-hydrogen) atoms. The van der Waals surface area contributed by atoms with E-state index in [0.29, 0.717) is 0 Å². The predicted molar refractivity (Wildman–Crippen MR) is 134 cm³/mol. The molecular weight excluding hydrogens is 446 g/mol. The number of amides is 2. The lowest BCUT2D eigenvalue weighted by molar-refractivity contribution is -0.143. The van der Waals surface area contributed by atoms with Crippen LogP contribution in [0.5, 0.6) is 0 Å². The van der Waals surface area contributed by atoms with E-state index in [9.17, 15) is 19.5 Å². The summed E-state index contributed by atoms with van der Waals surface area (Å²) in [5.74, 6) is -1.78. The average Bonchev–Trinajstić information content (AvgIpc) is 3.09. The van der Waals surface area contributed by atoms with Gasteiger partial charge in [0.2, 0.25) is 5.91 Å². The fourth-order valence-corrected chi connectivity index (χ4v) is 4.43. The monoisotopic (exact) mass is 481 g/mol. The van der Waals surface area contributed by atoms with Gasteiger partial charge in [-0.2, -0.15) is 0 Å². The zero-order valence-electron chi connectivity index (χ0n) is 21.0. The van der Waals surface area contributed by atoms with Gasteiger partial charge >= 0.3 is 12.1 Å². The molecule has 8 nitrogen and oxygen atoms in total. The largest absolute Gasteiger partial charge is 0.480 e. The summed E-state index contributed by atoms with van der Waals surface area (Å²) < 4.78 is 5.57. The lowest BCUT2D eigenvalue weighted by Gasteiger charge is -2.27. The highest BCUT2D eigenvalue weighted by Gasteiger charge is 2.32. The molecule has 3 N–H and O–H groups in total. The fourth-order valence-electron chi connectivity index (χ4n) is 4.43. The number of fused-ring (bicyclic) bond motifs is 3. The lowest BCUT2D eigenvalue weighted by atomic mass is 9.88. The number of carbonyl (C=O) groups excluding carboxylic acids is 2. The van der Waals surface area contributed by atoms with E-state index < -0.39 is 30.1 Å². The molecule has 0 saturated carbocycles. The van der Waals surface area contributed by atoms with E-state index in [-0.39, 0.29) is 30.9 Å². The number of aliphatic carboxylic acids is 1. The number of carboxylic acid groups (broad SMARTS) is 1. The van der Waals surface area contributed by atoms with Gasteiger partial charge in [-0.25, -0.2) is 9.59 Å². The summed E-state index contributed by atoms with van der Waals surface area (Å²) in [6, 6.07) is 14.1. The second-order valence-corrected chi connectivity index (χ2v) is 10.4. The summed E-state index contributed by atoms with van der Waals surface area (Å²) in [7, 11) is 3.53. The summed E-state index contributed by atoms with van der Waals surface area (Å²) in [5.41, 5.74) is 4.14. The van der Waals surface area contributed by atoms with E-state index in [1.54, 1.807) is 19.0 Å². The molecule has 0 bridgehead atoms. The van der Waals surface area contributed by atoms with Crippen molar-refractivity contribution in [3.8, 4) is 11.1 Å². The SMILES string of the molecule is CN(C)CC(NC(=O)OCC1c2ccccc2-c2ccccc21)C(=O)NC(CC(C)(C)C)C(=O)O. The Balaban J connectivity index is 1.67. The molecule has 2 aromatic rings. The third kappa shape index (κ3) is 6.82. The average molecular weight is 482 g/mol. The summed E-state index contributed by atoms with van der Waals surface area (Å²) in [5, 5.41) is 14.8. The highest BCUT2D eigenvalue weighted by Crippen LogP contribution is 2.44. The molecule has 0 aliphatic heterocycles. The maximum atomic E-state index is 12.9. The molecule has 8 heteroatoms. The van der Waals surface area contributed by atoms with Crippen LogP contribution in [0.1, 0.15) is 44.2 Å². The molecule has 2 atom stereocenters. The van der Waals surface area contributed by atoms with E-state index in [4.69, 9.17) is 4.74 Å². The molecule has 0 spiro atoms. The van der Waals surface area contributed by atoms with Gasteiger partial charge in [0.1, 0.15) is 18.7 Å². The molecule has 1 aliphatic rings. The van der Waals surface area contributed by atoms with Crippen LogP contribution in [-0.2, 0) is 14.3 Å². The lowest BCUT2D eigenvalue weighted by Crippen LogP contribution is -2.55. The van der Waals surface area contributed by atoms with E-state index >= 15 is 0 Å². The number of carbonyl (C=O) groups is 3. The molecule has 188 valence electrons. The highest BCUT2D eigenvalue weighted by atomic mass is 16.5. The van der Waals surface area contributed by atoms with E-state index in [1.807, 2.05) is 57.2 Å². The topological polar surface area (TPSA) is 108 Å². The van der Waals surface area contributed by atoms with E-state index in [2.05, 4.69) is 22.8 Å². The fraction of sp³-hybridized carbons (Fsp3) is 0.444. The number of benzene rings is 2. The number of carboxylic acids is 1. The number of hydrogen-bond acceptors (Lipinski definition) is 5. The van der Waals surface area contributed by atoms with Crippen molar-refractivity contribution in [2.24, 2.45) is 5.41 Å². The third-order valence-corrected chi connectivity index (χ3v) is 5.93. The van der Waals surface area contributed by atoms with Gasteiger partial charge in [0.25, 0.3) is 0 Å². The number of likely N-dealkylation sites (N-methyl/N-ethyl adjacent to an activating group) is 1. The van der Waals surface area contributed by atoms with Crippen molar-refractivity contribution in [2.45, 2.75) is 45.2 Å². The molecule has 0 aromatic heterocycles. The molecule has 2 aromatic carbocycles. The summed E-state index contributed by atoms with van der Waals surface area (Å²) in [6.07, 6.45) is -0.468. The molecular formula is C27H35N3O5. The molecule has 0 fully saturated rings. The van der Waals surface area contributed by atoms with Crippen molar-refractivity contribution in [2.75, 3.05) is 27.2 Å². The molecule has 2 amide bonds. The van der Waals surface area contributed by atoms with Gasteiger partial charge in [-0.3, -0.25) is 4.79 Å². The maximum absolute atomic E-state index is 12.9. The molecule has 0 radical (unpaired) electrons. The normalized spacial score (nSPS) is 14.6. The minimum absolute atomic E-state index is 0.0996. The van der Waals surface area contributed by atoms with Crippen LogP contribution in [0.15, 0.2) is 48.5 Å². The van der Waals surface area contributed by atoms with Crippen molar-refractivity contribution in [1.29, 1.82) is 0 Å². The summed E-state index contributed by atoms with van der Waals surface area (Å²) in [4.78, 5) is 39.1. The minimum Gasteiger partial charge on any atom is -0.480 e. The van der Waals surface area contributed by atoms with Gasteiger partial charge in [0, 0.05) is 12.5 Å². The van der Waals surface area contributed by atoms with Gasteiger partial charge in [0.15, 0.2) is 0 Å². The molecule has 3 rings (SSSR count). The van der Waals surface area contributed by atoms with Crippen LogP contribution >= 0.6 is 0 Å². The Morgan fingerprint density at radius 3 is 1.97 bits per heavy atom. The predicted octanol–water partition coefficient (Wildman–Crippen LogP) is 3.46. The molecule has 2 unspecified atom stereocenters. The first-order chi connectivity index (χ1) is 16.5. The van der Waals surface area contributed by atoms with Gasteiger partial charge in [-0.15, -0.1) is 0 Å². The van der Waals surface area contributed by atoms with Gasteiger partial charge in [0.05, 0.1) is 0 Å². The van der Waals surface area contributed by atoms with Crippen LogP contribution in [0, 0.1) is 5.41 Å². The van der Waals surface area contributed by atoms with Crippen LogP contribution < -0.4 is 10.6 Å². The first-order valence-electron chi connectivity index (χ1n) is 11.8. The second-order valence-electron chi connectivity index (χ2n) is 10.4. The Kier molecular flexibility index (Phi) is 8.17. The van der Waals surface area contributed by atoms with Gasteiger partial charge in [-0.1, -0.05) is 69.3 Å². The smallest absolute Gasteiger partial charge is 0.407 e. The molecule has 1 aliphatic carbocycles. The Morgan fingerprint density at radius 1 is 0.943 bits per heavy atom. The van der Waals surface area contributed by atoms with Crippen molar-refractivity contribution in [1.82, 2.24) is 15.5 Å². The quantitative estimate of drug-likeness (QED) is 0.506. The van der Waals surface area contributed by atoms with Crippen molar-refractivity contribution < 1.29 is 24.2 Å². The first-order valence-corrected chi connectivity index (χ1v) is 11.8. The molecule has 0 heterocycles. The summed E-state index contributed by atoms with van der Waals surface area (Å²) >= 11 is 0. The Labute approximate surface area is 206 Å². The highest BCUT2D eigenvalue weighted by molar-refractivity contribution is 5.89. The Morgan fingerprint density at radius 2 is 1.49 bits per heavy atom. The molecule has 0 saturated heterocycles. The maximum Gasteiger partial charge on any atom is 0.407 e. The van der Waals surface area contributed by atoms with Gasteiger partial charge < -0.3 is 25.4 Å². The second kappa shape index (κ2) is 10.9. The number of nitrogens with zero attached hydrogens (tertiary/aromatic N) is 1. The standard InChI is InChI=1S/C27H35N3O5/c1-27(2,3)14-22(25(32)33)28-24(31)23(15-30(4)5)29-26(34)35-16-21-19-12-8-6-10-17(19)18-11-7-9-13-20(18)21/h6-13,21-23H,14-16H2,1-5H3,(H,28,31)(H,29,34)(H,32,33). The van der Waals surface area contributed by atoms with Crippen LogP contribution in [0.3, 0.4) is 0 Å². The van der Waals surface area contributed by atoms with Crippen LogP contribution in [-0.4, -0.2) is 67.3 Å². The number of alkyl carbamates (subject to hydrolysis) is 1. The van der Waals surface area contributed by atoms with E-state index in [0.717, 1.165) is 22.3 Å². The number of ether oxygens (including phenoxy) is 1. The van der Waals surface area contributed by atoms with Crippen LogP contribution in [0.2, 0.25) is 0 Å².